The van der Waals surface area contributed by atoms with Crippen LogP contribution in [0.3, 0.4) is 0 Å². The van der Waals surface area contributed by atoms with Gasteiger partial charge in [0, 0.05) is 27.4 Å². The van der Waals surface area contributed by atoms with Gasteiger partial charge >= 0.3 is 5.97 Å². The fourth-order valence-corrected chi connectivity index (χ4v) is 4.12. The smallest absolute Gasteiger partial charge is 0.306 e. The number of hydrogen-bond donors (Lipinski definition) is 2. The molecular formula is C18H20ClNO2S. The molecule has 1 aliphatic rings. The fourth-order valence-electron chi connectivity index (χ4n) is 3.03. The standard InChI is InChI=1S/C18H20ClNO2S/c19-14-5-1-12(2-6-14)17-10-9-16(23-17)11-20-15-7-3-13(4-8-15)18(21)22/h1-2,5-6,9-10,13,15,20H,3-4,7-8,11H2,(H,21,22). The third-order valence-electron chi connectivity index (χ3n) is 4.43. The van der Waals surface area contributed by atoms with Gasteiger partial charge in [0.15, 0.2) is 0 Å². The molecule has 3 nitrogen and oxygen atoms in total. The number of carbonyl (C=O) groups is 1. The summed E-state index contributed by atoms with van der Waals surface area (Å²) in [6.45, 7) is 0.848. The van der Waals surface area contributed by atoms with Crippen LogP contribution in [-0.4, -0.2) is 17.1 Å². The topological polar surface area (TPSA) is 49.3 Å². The minimum Gasteiger partial charge on any atom is -0.481 e. The Labute approximate surface area is 145 Å². The summed E-state index contributed by atoms with van der Waals surface area (Å²) in [5, 5.41) is 13.4. The molecule has 0 aliphatic heterocycles. The molecule has 0 unspecified atom stereocenters. The van der Waals surface area contributed by atoms with Crippen LogP contribution in [0.2, 0.25) is 5.02 Å². The van der Waals surface area contributed by atoms with Crippen molar-refractivity contribution in [1.29, 1.82) is 0 Å². The summed E-state index contributed by atoms with van der Waals surface area (Å²) in [7, 11) is 0. The minimum atomic E-state index is -0.644. The van der Waals surface area contributed by atoms with Crippen molar-refractivity contribution in [2.75, 3.05) is 0 Å². The van der Waals surface area contributed by atoms with Crippen LogP contribution in [0.25, 0.3) is 10.4 Å². The molecule has 2 aromatic rings. The molecule has 1 fully saturated rings. The first-order valence-corrected chi connectivity index (χ1v) is 9.12. The van der Waals surface area contributed by atoms with Crippen LogP contribution in [-0.2, 0) is 11.3 Å². The van der Waals surface area contributed by atoms with Crippen molar-refractivity contribution in [2.24, 2.45) is 5.92 Å². The Morgan fingerprint density at radius 3 is 2.48 bits per heavy atom. The predicted molar refractivity (Wildman–Crippen MR) is 95.0 cm³/mol. The average molecular weight is 350 g/mol. The van der Waals surface area contributed by atoms with Gasteiger partial charge in [0.2, 0.25) is 0 Å². The van der Waals surface area contributed by atoms with Crippen LogP contribution >= 0.6 is 22.9 Å². The molecule has 0 spiro atoms. The van der Waals surface area contributed by atoms with Gasteiger partial charge in [-0.05, 0) is 55.5 Å². The molecule has 3 rings (SSSR count). The molecular weight excluding hydrogens is 330 g/mol. The van der Waals surface area contributed by atoms with Gasteiger partial charge in [0.05, 0.1) is 5.92 Å². The number of nitrogens with one attached hydrogen (secondary N) is 1. The number of halogens is 1. The summed E-state index contributed by atoms with van der Waals surface area (Å²) in [6, 6.07) is 12.6. The van der Waals surface area contributed by atoms with Crippen LogP contribution < -0.4 is 5.32 Å². The zero-order valence-corrected chi connectivity index (χ0v) is 14.4. The Morgan fingerprint density at radius 2 is 1.83 bits per heavy atom. The molecule has 122 valence electrons. The predicted octanol–water partition coefficient (Wildman–Crippen LogP) is 4.80. The maximum Gasteiger partial charge on any atom is 0.306 e. The third-order valence-corrected chi connectivity index (χ3v) is 5.82. The first kappa shape index (κ1) is 16.5. The maximum atomic E-state index is 11.0. The number of carboxylic acid groups (broad SMARTS) is 1. The molecule has 23 heavy (non-hydrogen) atoms. The van der Waals surface area contributed by atoms with E-state index in [9.17, 15) is 4.79 Å². The Morgan fingerprint density at radius 1 is 1.13 bits per heavy atom. The van der Waals surface area contributed by atoms with E-state index in [1.54, 1.807) is 11.3 Å². The fraction of sp³-hybridized carbons (Fsp3) is 0.389. The van der Waals surface area contributed by atoms with Crippen LogP contribution in [0.4, 0.5) is 0 Å². The molecule has 1 aromatic heterocycles. The highest BCUT2D eigenvalue weighted by atomic mass is 35.5. The first-order chi connectivity index (χ1) is 11.1. The molecule has 5 heteroatoms. The second-order valence-electron chi connectivity index (χ2n) is 6.04. The van der Waals surface area contributed by atoms with E-state index >= 15 is 0 Å². The largest absolute Gasteiger partial charge is 0.481 e. The Balaban J connectivity index is 1.52. The lowest BCUT2D eigenvalue weighted by Crippen LogP contribution is -2.34. The summed E-state index contributed by atoms with van der Waals surface area (Å²) in [4.78, 5) is 13.5. The van der Waals surface area contributed by atoms with Crippen LogP contribution in [0, 0.1) is 5.92 Å². The van der Waals surface area contributed by atoms with Crippen molar-refractivity contribution < 1.29 is 9.90 Å². The van der Waals surface area contributed by atoms with E-state index in [0.29, 0.717) is 6.04 Å². The van der Waals surface area contributed by atoms with Gasteiger partial charge in [-0.25, -0.2) is 0 Å². The molecule has 0 bridgehead atoms. The second kappa shape index (κ2) is 7.47. The van der Waals surface area contributed by atoms with Gasteiger partial charge in [-0.15, -0.1) is 11.3 Å². The number of aliphatic carboxylic acids is 1. The SMILES string of the molecule is O=C(O)C1CCC(NCc2ccc(-c3ccc(Cl)cc3)s2)CC1. The highest BCUT2D eigenvalue weighted by Gasteiger charge is 2.25. The molecule has 1 aromatic carbocycles. The maximum absolute atomic E-state index is 11.0. The lowest BCUT2D eigenvalue weighted by Gasteiger charge is -2.26. The van der Waals surface area contributed by atoms with E-state index in [4.69, 9.17) is 16.7 Å². The molecule has 1 heterocycles. The highest BCUT2D eigenvalue weighted by molar-refractivity contribution is 7.15. The molecule has 0 amide bonds. The summed E-state index contributed by atoms with van der Waals surface area (Å²) in [6.07, 6.45) is 3.47. The summed E-state index contributed by atoms with van der Waals surface area (Å²) < 4.78 is 0. The molecule has 0 atom stereocenters. The van der Waals surface area contributed by atoms with Gasteiger partial charge in [-0.1, -0.05) is 23.7 Å². The van der Waals surface area contributed by atoms with Crippen molar-refractivity contribution >= 4 is 28.9 Å². The molecule has 1 saturated carbocycles. The lowest BCUT2D eigenvalue weighted by molar-refractivity contribution is -0.142. The van der Waals surface area contributed by atoms with Gasteiger partial charge in [-0.3, -0.25) is 4.79 Å². The molecule has 0 radical (unpaired) electrons. The second-order valence-corrected chi connectivity index (χ2v) is 7.65. The first-order valence-electron chi connectivity index (χ1n) is 7.92. The van der Waals surface area contributed by atoms with Crippen molar-refractivity contribution in [1.82, 2.24) is 5.32 Å². The van der Waals surface area contributed by atoms with E-state index in [1.807, 2.05) is 24.3 Å². The number of rotatable bonds is 5. The van der Waals surface area contributed by atoms with E-state index in [-0.39, 0.29) is 5.92 Å². The van der Waals surface area contributed by atoms with E-state index < -0.39 is 5.97 Å². The summed E-state index contributed by atoms with van der Waals surface area (Å²) in [5.74, 6) is -0.791. The third kappa shape index (κ3) is 4.34. The molecule has 0 saturated heterocycles. The van der Waals surface area contributed by atoms with Crippen LogP contribution in [0.5, 0.6) is 0 Å². The number of carboxylic acids is 1. The molecule has 2 N–H and O–H groups in total. The van der Waals surface area contributed by atoms with Gasteiger partial charge in [0.1, 0.15) is 0 Å². The number of hydrogen-bond acceptors (Lipinski definition) is 3. The van der Waals surface area contributed by atoms with E-state index in [2.05, 4.69) is 17.4 Å². The average Bonchev–Trinajstić information content (AvgIpc) is 3.03. The Hall–Kier alpha value is -1.36. The normalized spacial score (nSPS) is 21.3. The van der Waals surface area contributed by atoms with Crippen LogP contribution in [0.15, 0.2) is 36.4 Å². The quantitative estimate of drug-likeness (QED) is 0.815. The minimum absolute atomic E-state index is 0.147. The highest BCUT2D eigenvalue weighted by Crippen LogP contribution is 2.30. The van der Waals surface area contributed by atoms with Crippen molar-refractivity contribution in [3.8, 4) is 10.4 Å². The van der Waals surface area contributed by atoms with Crippen LogP contribution in [0.1, 0.15) is 30.6 Å². The van der Waals surface area contributed by atoms with Gasteiger partial charge < -0.3 is 10.4 Å². The van der Waals surface area contributed by atoms with Crippen molar-refractivity contribution in [3.63, 3.8) is 0 Å². The summed E-state index contributed by atoms with van der Waals surface area (Å²) in [5.41, 5.74) is 1.19. The Bertz CT molecular complexity index is 660. The monoisotopic (exact) mass is 349 g/mol. The Kier molecular flexibility index (Phi) is 5.36. The van der Waals surface area contributed by atoms with E-state index in [1.165, 1.54) is 15.3 Å². The number of thiophene rings is 1. The lowest BCUT2D eigenvalue weighted by atomic mass is 9.86. The van der Waals surface area contributed by atoms with E-state index in [0.717, 1.165) is 37.3 Å². The zero-order chi connectivity index (χ0) is 16.2. The van der Waals surface area contributed by atoms with Gasteiger partial charge in [0.25, 0.3) is 0 Å². The number of benzene rings is 1. The zero-order valence-electron chi connectivity index (χ0n) is 12.8. The van der Waals surface area contributed by atoms with Crippen molar-refractivity contribution in [2.45, 2.75) is 38.3 Å². The summed E-state index contributed by atoms with van der Waals surface area (Å²) >= 11 is 7.71. The van der Waals surface area contributed by atoms with Crippen molar-refractivity contribution in [3.05, 3.63) is 46.3 Å². The molecule has 1 aliphatic carbocycles. The van der Waals surface area contributed by atoms with Gasteiger partial charge in [-0.2, -0.15) is 0 Å².